The maximum atomic E-state index is 7.57. The molecule has 0 unspecified atom stereocenters. The first-order chi connectivity index (χ1) is 1.41. The van der Waals surface area contributed by atoms with Crippen LogP contribution in [-0.2, 0) is 21.1 Å². The second kappa shape index (κ2) is 22.8. The van der Waals surface area contributed by atoms with Crippen molar-refractivity contribution in [3.63, 3.8) is 0 Å². The largest absolute Gasteiger partial charge is 0.397 e. The molecule has 38 valence electrons. The standard InChI is InChI=1S/C2H6O.CH4.Pt/c1-2-3;;/h3H,2H2,1H3;1H4;. The fourth-order valence-electron chi connectivity index (χ4n) is 0. The van der Waals surface area contributed by atoms with E-state index in [-0.39, 0.29) is 35.1 Å². The molecule has 0 bridgehead atoms. The summed E-state index contributed by atoms with van der Waals surface area (Å²) in [6, 6.07) is 0. The zero-order valence-corrected chi connectivity index (χ0v) is 4.74. The van der Waals surface area contributed by atoms with E-state index in [0.717, 1.165) is 0 Å². The predicted molar refractivity (Wildman–Crippen MR) is 19.5 cm³/mol. The van der Waals surface area contributed by atoms with Gasteiger partial charge in [0.05, 0.1) is 0 Å². The first kappa shape index (κ1) is 17.4. The van der Waals surface area contributed by atoms with E-state index in [1.807, 2.05) is 0 Å². The Morgan fingerprint density at radius 1 is 1.60 bits per heavy atom. The van der Waals surface area contributed by atoms with Crippen LogP contribution >= 0.6 is 0 Å². The van der Waals surface area contributed by atoms with E-state index in [1.54, 1.807) is 6.92 Å². The maximum Gasteiger partial charge on any atom is 0.0402 e. The summed E-state index contributed by atoms with van der Waals surface area (Å²) in [6.07, 6.45) is 0. The van der Waals surface area contributed by atoms with Crippen LogP contribution in [0.2, 0.25) is 0 Å². The number of aliphatic hydroxyl groups excluding tert-OH is 1. The fraction of sp³-hybridized carbons (Fsp3) is 1.00. The van der Waals surface area contributed by atoms with Gasteiger partial charge in [-0.3, -0.25) is 0 Å². The zero-order valence-electron chi connectivity index (χ0n) is 2.47. The van der Waals surface area contributed by atoms with Crippen LogP contribution in [0.5, 0.6) is 0 Å². The van der Waals surface area contributed by atoms with Crippen LogP contribution in [-0.4, -0.2) is 11.7 Å². The third-order valence-corrected chi connectivity index (χ3v) is 0. The van der Waals surface area contributed by atoms with Crippen molar-refractivity contribution in [2.24, 2.45) is 0 Å². The molecule has 0 radical (unpaired) electrons. The molecule has 0 aliphatic heterocycles. The van der Waals surface area contributed by atoms with E-state index < -0.39 is 0 Å². The molecule has 0 saturated carbocycles. The molecule has 0 saturated heterocycles. The van der Waals surface area contributed by atoms with Gasteiger partial charge in [-0.2, -0.15) is 0 Å². The van der Waals surface area contributed by atoms with E-state index in [4.69, 9.17) is 5.11 Å². The molecular weight excluding hydrogens is 247 g/mol. The number of hydrogen-bond donors (Lipinski definition) is 1. The minimum atomic E-state index is 0. The summed E-state index contributed by atoms with van der Waals surface area (Å²) in [5.41, 5.74) is 0. The van der Waals surface area contributed by atoms with Crippen LogP contribution in [0, 0.1) is 0 Å². The average Bonchev–Trinajstić information content (AvgIpc) is 0.918. The van der Waals surface area contributed by atoms with E-state index >= 15 is 0 Å². The van der Waals surface area contributed by atoms with Crippen molar-refractivity contribution in [3.05, 3.63) is 0 Å². The topological polar surface area (TPSA) is 20.2 Å². The van der Waals surface area contributed by atoms with E-state index in [1.165, 1.54) is 0 Å². The first-order valence-corrected chi connectivity index (χ1v) is 1.02. The molecule has 0 aromatic rings. The molecular formula is C3H10OPt. The maximum absolute atomic E-state index is 7.57. The van der Waals surface area contributed by atoms with Gasteiger partial charge in [-0.1, -0.05) is 7.43 Å². The van der Waals surface area contributed by atoms with Gasteiger partial charge in [0.1, 0.15) is 0 Å². The second-order valence-corrected chi connectivity index (χ2v) is 0.316. The van der Waals surface area contributed by atoms with Gasteiger partial charge in [0.15, 0.2) is 0 Å². The Kier molecular flexibility index (Phi) is 79.3. The molecule has 5 heavy (non-hydrogen) atoms. The van der Waals surface area contributed by atoms with Gasteiger partial charge in [0.2, 0.25) is 0 Å². The molecule has 1 N–H and O–H groups in total. The van der Waals surface area contributed by atoms with Crippen LogP contribution < -0.4 is 0 Å². The van der Waals surface area contributed by atoms with Crippen LogP contribution in [0.25, 0.3) is 0 Å². The molecule has 0 aliphatic rings. The molecule has 0 rings (SSSR count). The summed E-state index contributed by atoms with van der Waals surface area (Å²) in [6.45, 7) is 1.93. The van der Waals surface area contributed by atoms with Gasteiger partial charge in [-0.25, -0.2) is 0 Å². The zero-order chi connectivity index (χ0) is 2.71. The molecule has 0 aromatic heterocycles. The number of aliphatic hydroxyl groups is 1. The minimum Gasteiger partial charge on any atom is -0.397 e. The van der Waals surface area contributed by atoms with Crippen molar-refractivity contribution in [1.29, 1.82) is 0 Å². The number of rotatable bonds is 0. The fourth-order valence-corrected chi connectivity index (χ4v) is 0. The first-order valence-electron chi connectivity index (χ1n) is 1.02. The van der Waals surface area contributed by atoms with Crippen molar-refractivity contribution in [2.45, 2.75) is 14.4 Å². The predicted octanol–water partition coefficient (Wildman–Crippen LogP) is 0.632. The van der Waals surface area contributed by atoms with E-state index in [0.29, 0.717) is 0 Å². The summed E-state index contributed by atoms with van der Waals surface area (Å²) < 4.78 is 0. The average molecular weight is 257 g/mol. The van der Waals surface area contributed by atoms with Crippen LogP contribution in [0.4, 0.5) is 0 Å². The summed E-state index contributed by atoms with van der Waals surface area (Å²) >= 11 is 0. The summed E-state index contributed by atoms with van der Waals surface area (Å²) in [5.74, 6) is 0. The molecule has 0 aromatic carbocycles. The Labute approximate surface area is 47.7 Å². The summed E-state index contributed by atoms with van der Waals surface area (Å²) in [4.78, 5) is 0. The summed E-state index contributed by atoms with van der Waals surface area (Å²) in [7, 11) is 0. The molecule has 0 atom stereocenters. The van der Waals surface area contributed by atoms with Crippen LogP contribution in [0.3, 0.4) is 0 Å². The normalized spacial score (nSPS) is 3.60. The third-order valence-electron chi connectivity index (χ3n) is 0. The van der Waals surface area contributed by atoms with Crippen molar-refractivity contribution in [1.82, 2.24) is 0 Å². The Hall–Kier alpha value is 0.648. The van der Waals surface area contributed by atoms with Gasteiger partial charge in [-0.15, -0.1) is 0 Å². The Morgan fingerprint density at radius 3 is 1.60 bits per heavy atom. The van der Waals surface area contributed by atoms with Gasteiger partial charge < -0.3 is 5.11 Å². The molecule has 0 amide bonds. The van der Waals surface area contributed by atoms with E-state index in [2.05, 4.69) is 0 Å². The summed E-state index contributed by atoms with van der Waals surface area (Å²) in [5, 5.41) is 7.57. The Balaban J connectivity index is -0.0000000200. The number of hydrogen-bond acceptors (Lipinski definition) is 1. The van der Waals surface area contributed by atoms with Crippen molar-refractivity contribution < 1.29 is 26.2 Å². The Bertz CT molecular complexity index is 6.85. The minimum absolute atomic E-state index is 0. The van der Waals surface area contributed by atoms with Crippen LogP contribution in [0.1, 0.15) is 14.4 Å². The van der Waals surface area contributed by atoms with Crippen molar-refractivity contribution in [3.8, 4) is 0 Å². The van der Waals surface area contributed by atoms with Gasteiger partial charge in [-0.05, 0) is 6.92 Å². The molecule has 2 heteroatoms. The molecule has 0 spiro atoms. The SMILES string of the molecule is C.CCO.[Pt]. The van der Waals surface area contributed by atoms with E-state index in [9.17, 15) is 0 Å². The smallest absolute Gasteiger partial charge is 0.0402 e. The van der Waals surface area contributed by atoms with Gasteiger partial charge in [0.25, 0.3) is 0 Å². The van der Waals surface area contributed by atoms with Gasteiger partial charge in [0, 0.05) is 27.7 Å². The Morgan fingerprint density at radius 2 is 1.60 bits per heavy atom. The molecule has 1 nitrogen and oxygen atoms in total. The molecule has 0 fully saturated rings. The van der Waals surface area contributed by atoms with Crippen molar-refractivity contribution >= 4 is 0 Å². The third kappa shape index (κ3) is 77.6. The molecule has 0 aliphatic carbocycles. The molecule has 0 heterocycles. The quantitative estimate of drug-likeness (QED) is 0.675. The second-order valence-electron chi connectivity index (χ2n) is 0.316. The van der Waals surface area contributed by atoms with Gasteiger partial charge >= 0.3 is 0 Å². The monoisotopic (exact) mass is 257 g/mol. The van der Waals surface area contributed by atoms with Crippen LogP contribution in [0.15, 0.2) is 0 Å². The van der Waals surface area contributed by atoms with Crippen molar-refractivity contribution in [2.75, 3.05) is 6.61 Å².